The van der Waals surface area contributed by atoms with E-state index in [0.29, 0.717) is 41.0 Å². The van der Waals surface area contributed by atoms with Crippen molar-refractivity contribution in [2.24, 2.45) is 0 Å². The van der Waals surface area contributed by atoms with Crippen LogP contribution in [0.1, 0.15) is 39.0 Å². The molecule has 0 saturated carbocycles. The van der Waals surface area contributed by atoms with E-state index in [1.165, 1.54) is 11.8 Å². The average Bonchev–Trinajstić information content (AvgIpc) is 3.50. The van der Waals surface area contributed by atoms with Crippen LogP contribution in [0.15, 0.2) is 59.2 Å². The van der Waals surface area contributed by atoms with Crippen LogP contribution >= 0.6 is 0 Å². The molecular formula is C23H21N3O5. The fourth-order valence-electron chi connectivity index (χ4n) is 3.98. The molecule has 158 valence electrons. The topological polar surface area (TPSA) is 93.0 Å². The highest BCUT2D eigenvalue weighted by atomic mass is 16.7. The standard InChI is InChI=1S/C23H21N3O5/c1-14-10-15-4-2-3-5-18(15)26(14)12-21-17(8-9-29-21)23(28)25-24-22(27)16-6-7-19-20(11-16)31-13-30-19/h2-9,11,14H,10,12-13H2,1H3,(H,24,27)(H,25,28). The average molecular weight is 419 g/mol. The number of furan rings is 1. The van der Waals surface area contributed by atoms with Gasteiger partial charge >= 0.3 is 0 Å². The van der Waals surface area contributed by atoms with Crippen LogP contribution in [0.5, 0.6) is 11.5 Å². The lowest BCUT2D eigenvalue weighted by atomic mass is 10.1. The van der Waals surface area contributed by atoms with Crippen LogP contribution in [0.25, 0.3) is 0 Å². The van der Waals surface area contributed by atoms with Gasteiger partial charge in [0.2, 0.25) is 6.79 Å². The Labute approximate surface area is 178 Å². The first-order valence-corrected chi connectivity index (χ1v) is 10.0. The van der Waals surface area contributed by atoms with Gasteiger partial charge in [-0.2, -0.15) is 0 Å². The summed E-state index contributed by atoms with van der Waals surface area (Å²) in [5.74, 6) is 0.715. The van der Waals surface area contributed by atoms with Crippen molar-refractivity contribution in [3.8, 4) is 11.5 Å². The third kappa shape index (κ3) is 3.56. The molecule has 0 spiro atoms. The summed E-state index contributed by atoms with van der Waals surface area (Å²) in [5, 5.41) is 0. The van der Waals surface area contributed by atoms with Crippen LogP contribution in [0.4, 0.5) is 5.69 Å². The third-order valence-electron chi connectivity index (χ3n) is 5.58. The van der Waals surface area contributed by atoms with Crippen molar-refractivity contribution >= 4 is 17.5 Å². The Bertz CT molecular complexity index is 1160. The number of hydrazine groups is 1. The Balaban J connectivity index is 1.25. The molecule has 8 nitrogen and oxygen atoms in total. The highest BCUT2D eigenvalue weighted by molar-refractivity contribution is 5.99. The molecule has 0 saturated heterocycles. The molecule has 5 rings (SSSR count). The minimum atomic E-state index is -0.459. The van der Waals surface area contributed by atoms with Crippen molar-refractivity contribution in [1.29, 1.82) is 0 Å². The SMILES string of the molecule is CC1Cc2ccccc2N1Cc1occc1C(=O)NNC(=O)c1ccc2c(c1)OCO2. The van der Waals surface area contributed by atoms with Gasteiger partial charge in [0.1, 0.15) is 5.76 Å². The van der Waals surface area contributed by atoms with Gasteiger partial charge in [-0.05, 0) is 49.2 Å². The number of anilines is 1. The van der Waals surface area contributed by atoms with Gasteiger partial charge in [0.15, 0.2) is 11.5 Å². The van der Waals surface area contributed by atoms with Gasteiger partial charge in [0.25, 0.3) is 11.8 Å². The number of amides is 2. The molecule has 2 aliphatic rings. The second-order valence-corrected chi connectivity index (χ2v) is 7.54. The summed E-state index contributed by atoms with van der Waals surface area (Å²) in [6.45, 7) is 2.73. The van der Waals surface area contributed by atoms with E-state index in [9.17, 15) is 9.59 Å². The summed E-state index contributed by atoms with van der Waals surface area (Å²) < 4.78 is 16.1. The molecule has 3 aromatic rings. The number of ether oxygens (including phenoxy) is 2. The molecule has 0 bridgehead atoms. The van der Waals surface area contributed by atoms with Gasteiger partial charge in [0, 0.05) is 17.3 Å². The molecule has 2 aliphatic heterocycles. The van der Waals surface area contributed by atoms with Crippen LogP contribution < -0.4 is 25.2 Å². The zero-order valence-electron chi connectivity index (χ0n) is 16.9. The molecule has 0 radical (unpaired) electrons. The number of nitrogens with zero attached hydrogens (tertiary/aromatic N) is 1. The second-order valence-electron chi connectivity index (χ2n) is 7.54. The lowest BCUT2D eigenvalue weighted by Crippen LogP contribution is -2.42. The summed E-state index contributed by atoms with van der Waals surface area (Å²) in [5.41, 5.74) is 8.04. The van der Waals surface area contributed by atoms with E-state index in [4.69, 9.17) is 13.9 Å². The molecule has 2 amide bonds. The van der Waals surface area contributed by atoms with Gasteiger partial charge in [0.05, 0.1) is 18.4 Å². The summed E-state index contributed by atoms with van der Waals surface area (Å²) in [7, 11) is 0. The fourth-order valence-corrected chi connectivity index (χ4v) is 3.98. The van der Waals surface area contributed by atoms with E-state index in [-0.39, 0.29) is 6.79 Å². The van der Waals surface area contributed by atoms with Crippen LogP contribution in [-0.2, 0) is 13.0 Å². The van der Waals surface area contributed by atoms with Gasteiger partial charge in [-0.3, -0.25) is 20.4 Å². The van der Waals surface area contributed by atoms with Crippen molar-refractivity contribution in [2.45, 2.75) is 25.9 Å². The van der Waals surface area contributed by atoms with Crippen molar-refractivity contribution in [2.75, 3.05) is 11.7 Å². The molecule has 0 aliphatic carbocycles. The number of carbonyl (C=O) groups excluding carboxylic acids is 2. The van der Waals surface area contributed by atoms with E-state index in [0.717, 1.165) is 12.1 Å². The van der Waals surface area contributed by atoms with Crippen molar-refractivity contribution in [1.82, 2.24) is 10.9 Å². The number of carbonyl (C=O) groups is 2. The quantitative estimate of drug-likeness (QED) is 0.632. The maximum absolute atomic E-state index is 12.7. The largest absolute Gasteiger partial charge is 0.467 e. The van der Waals surface area contributed by atoms with E-state index in [1.807, 2.05) is 12.1 Å². The van der Waals surface area contributed by atoms with Crippen molar-refractivity contribution < 1.29 is 23.5 Å². The molecule has 31 heavy (non-hydrogen) atoms. The van der Waals surface area contributed by atoms with E-state index in [2.05, 4.69) is 34.8 Å². The first kappa shape index (κ1) is 19.0. The molecule has 3 heterocycles. The van der Waals surface area contributed by atoms with Crippen molar-refractivity contribution in [3.05, 3.63) is 77.2 Å². The molecule has 1 atom stereocenters. The Hall–Kier alpha value is -3.94. The third-order valence-corrected chi connectivity index (χ3v) is 5.58. The number of para-hydroxylation sites is 1. The number of nitrogens with one attached hydrogen (secondary N) is 2. The fraction of sp³-hybridized carbons (Fsp3) is 0.217. The Morgan fingerprint density at radius 2 is 1.84 bits per heavy atom. The predicted octanol–water partition coefficient (Wildman–Crippen LogP) is 3.03. The lowest BCUT2D eigenvalue weighted by molar-refractivity contribution is 0.0845. The highest BCUT2D eigenvalue weighted by Gasteiger charge is 2.28. The Kier molecular flexibility index (Phi) is 4.74. The first-order valence-electron chi connectivity index (χ1n) is 10.0. The number of rotatable bonds is 4. The van der Waals surface area contributed by atoms with Gasteiger partial charge in [-0.25, -0.2) is 0 Å². The number of hydrogen-bond donors (Lipinski definition) is 2. The van der Waals surface area contributed by atoms with Crippen LogP contribution in [0, 0.1) is 0 Å². The number of hydrogen-bond acceptors (Lipinski definition) is 6. The molecule has 2 aromatic carbocycles. The smallest absolute Gasteiger partial charge is 0.273 e. The normalized spacial score (nSPS) is 16.2. The van der Waals surface area contributed by atoms with E-state index >= 15 is 0 Å². The van der Waals surface area contributed by atoms with Crippen LogP contribution in [-0.4, -0.2) is 24.6 Å². The first-order chi connectivity index (χ1) is 15.1. The minimum absolute atomic E-state index is 0.126. The zero-order valence-corrected chi connectivity index (χ0v) is 16.9. The number of fused-ring (bicyclic) bond motifs is 2. The van der Waals surface area contributed by atoms with Gasteiger partial charge in [-0.1, -0.05) is 18.2 Å². The summed E-state index contributed by atoms with van der Waals surface area (Å²) >= 11 is 0. The monoisotopic (exact) mass is 419 g/mol. The molecule has 0 fully saturated rings. The highest BCUT2D eigenvalue weighted by Crippen LogP contribution is 2.34. The Morgan fingerprint density at radius 1 is 1.03 bits per heavy atom. The summed E-state index contributed by atoms with van der Waals surface area (Å²) in [4.78, 5) is 27.3. The molecular weight excluding hydrogens is 398 g/mol. The molecule has 8 heteroatoms. The maximum Gasteiger partial charge on any atom is 0.273 e. The van der Waals surface area contributed by atoms with E-state index < -0.39 is 11.8 Å². The van der Waals surface area contributed by atoms with Gasteiger partial charge in [-0.15, -0.1) is 0 Å². The molecule has 1 unspecified atom stereocenters. The van der Waals surface area contributed by atoms with Gasteiger partial charge < -0.3 is 18.8 Å². The van der Waals surface area contributed by atoms with E-state index in [1.54, 1.807) is 24.3 Å². The molecule has 1 aromatic heterocycles. The zero-order chi connectivity index (χ0) is 21.4. The number of benzene rings is 2. The predicted molar refractivity (Wildman–Crippen MR) is 112 cm³/mol. The summed E-state index contributed by atoms with van der Waals surface area (Å²) in [6.07, 6.45) is 2.43. The summed E-state index contributed by atoms with van der Waals surface area (Å²) in [6, 6.07) is 15.0. The van der Waals surface area contributed by atoms with Crippen LogP contribution in [0.3, 0.4) is 0 Å². The minimum Gasteiger partial charge on any atom is -0.467 e. The lowest BCUT2D eigenvalue weighted by Gasteiger charge is -2.24. The van der Waals surface area contributed by atoms with Crippen molar-refractivity contribution in [3.63, 3.8) is 0 Å². The molecule has 2 N–H and O–H groups in total. The van der Waals surface area contributed by atoms with Crippen LogP contribution in [0.2, 0.25) is 0 Å². The Morgan fingerprint density at radius 3 is 2.74 bits per heavy atom. The second kappa shape index (κ2) is 7.71. The maximum atomic E-state index is 12.7.